The summed E-state index contributed by atoms with van der Waals surface area (Å²) in [7, 11) is 0. The van der Waals surface area contributed by atoms with Crippen molar-refractivity contribution in [3.63, 3.8) is 0 Å². The van der Waals surface area contributed by atoms with Crippen LogP contribution in [0.15, 0.2) is 55.0 Å². The molecular formula is C25H32N4O3. The minimum atomic E-state index is -1.19. The topological polar surface area (TPSA) is 96.1 Å². The van der Waals surface area contributed by atoms with Crippen LogP contribution in [0.2, 0.25) is 0 Å². The maximum absolute atomic E-state index is 13.3. The van der Waals surface area contributed by atoms with E-state index in [1.165, 1.54) is 0 Å². The van der Waals surface area contributed by atoms with E-state index in [0.717, 1.165) is 22.0 Å². The van der Waals surface area contributed by atoms with Crippen LogP contribution in [-0.2, 0) is 22.4 Å². The fourth-order valence-corrected chi connectivity index (χ4v) is 3.48. The van der Waals surface area contributed by atoms with Gasteiger partial charge in [-0.1, -0.05) is 25.1 Å². The highest BCUT2D eigenvalue weighted by Crippen LogP contribution is 2.23. The Morgan fingerprint density at radius 2 is 1.81 bits per heavy atom. The molecule has 3 N–H and O–H groups in total. The number of nitrogens with zero attached hydrogens (tertiary/aromatic N) is 1. The fourth-order valence-electron chi connectivity index (χ4n) is 3.48. The highest BCUT2D eigenvalue weighted by Gasteiger charge is 2.37. The van der Waals surface area contributed by atoms with Gasteiger partial charge in [0.25, 0.3) is 0 Å². The average molecular weight is 437 g/mol. The molecule has 0 saturated carbocycles. The van der Waals surface area contributed by atoms with Gasteiger partial charge in [0.15, 0.2) is 0 Å². The number of carbonyl (C=O) groups excluding carboxylic acids is 2. The molecule has 32 heavy (non-hydrogen) atoms. The number of aromatic nitrogens is 2. The minimum Gasteiger partial charge on any atom is -0.444 e. The molecule has 7 heteroatoms. The molecule has 0 aliphatic heterocycles. The zero-order valence-corrected chi connectivity index (χ0v) is 19.2. The Bertz CT molecular complexity index is 1060. The number of para-hydroxylation sites is 1. The van der Waals surface area contributed by atoms with E-state index >= 15 is 0 Å². The van der Waals surface area contributed by atoms with E-state index in [1.54, 1.807) is 19.3 Å². The van der Waals surface area contributed by atoms with E-state index in [9.17, 15) is 9.59 Å². The first-order valence-electron chi connectivity index (χ1n) is 11.0. The van der Waals surface area contributed by atoms with Gasteiger partial charge in [0.1, 0.15) is 11.1 Å². The van der Waals surface area contributed by atoms with E-state index in [-0.39, 0.29) is 5.91 Å². The summed E-state index contributed by atoms with van der Waals surface area (Å²) >= 11 is 0. The summed E-state index contributed by atoms with van der Waals surface area (Å²) in [4.78, 5) is 33.2. The molecule has 0 fully saturated rings. The molecule has 3 aromatic rings. The number of hydrogen-bond acceptors (Lipinski definition) is 4. The highest BCUT2D eigenvalue weighted by atomic mass is 16.6. The lowest BCUT2D eigenvalue weighted by Crippen LogP contribution is -2.59. The van der Waals surface area contributed by atoms with Crippen molar-refractivity contribution in [2.75, 3.05) is 6.54 Å². The molecule has 2 amide bonds. The van der Waals surface area contributed by atoms with Crippen LogP contribution in [0.5, 0.6) is 0 Å². The molecule has 0 saturated heterocycles. The van der Waals surface area contributed by atoms with E-state index in [4.69, 9.17) is 4.74 Å². The summed E-state index contributed by atoms with van der Waals surface area (Å²) in [6.45, 7) is 7.82. The number of nitrogens with one attached hydrogen (secondary N) is 3. The molecule has 170 valence electrons. The van der Waals surface area contributed by atoms with Gasteiger partial charge in [-0.2, -0.15) is 0 Å². The molecule has 1 atom stereocenters. The summed E-state index contributed by atoms with van der Waals surface area (Å²) in [5, 5.41) is 6.83. The minimum absolute atomic E-state index is 0.261. The fraction of sp³-hybridized carbons (Fsp3) is 0.400. The van der Waals surface area contributed by atoms with Crippen molar-refractivity contribution >= 4 is 22.9 Å². The normalized spacial score (nSPS) is 13.4. The van der Waals surface area contributed by atoms with Gasteiger partial charge in [-0.15, -0.1) is 0 Å². The van der Waals surface area contributed by atoms with Crippen LogP contribution >= 0.6 is 0 Å². The van der Waals surface area contributed by atoms with Crippen LogP contribution in [0.4, 0.5) is 4.79 Å². The first-order valence-corrected chi connectivity index (χ1v) is 11.0. The molecule has 0 aliphatic carbocycles. The van der Waals surface area contributed by atoms with Gasteiger partial charge in [0.2, 0.25) is 5.91 Å². The summed E-state index contributed by atoms with van der Waals surface area (Å²) in [5.74, 6) is -0.261. The van der Waals surface area contributed by atoms with E-state index < -0.39 is 17.2 Å². The molecule has 1 unspecified atom stereocenters. The number of ether oxygens (including phenoxy) is 1. The Morgan fingerprint density at radius 1 is 1.09 bits per heavy atom. The molecular weight excluding hydrogens is 404 g/mol. The van der Waals surface area contributed by atoms with Gasteiger partial charge in [0, 0.05) is 42.5 Å². The van der Waals surface area contributed by atoms with Crippen LogP contribution < -0.4 is 10.6 Å². The quantitative estimate of drug-likeness (QED) is 0.470. The summed E-state index contributed by atoms with van der Waals surface area (Å²) in [6.07, 6.45) is 6.39. The summed E-state index contributed by atoms with van der Waals surface area (Å²) in [6, 6.07) is 11.7. The van der Waals surface area contributed by atoms with Gasteiger partial charge in [-0.3, -0.25) is 9.78 Å². The molecule has 2 aromatic heterocycles. The Morgan fingerprint density at radius 3 is 2.53 bits per heavy atom. The van der Waals surface area contributed by atoms with Crippen LogP contribution in [0.25, 0.3) is 10.9 Å². The SMILES string of the molecule is CCC(C)(C)OC(=O)NC(C)(Cc1c[nH]c2ccccc12)C(=O)NCCc1ccncc1. The van der Waals surface area contributed by atoms with E-state index in [1.807, 2.05) is 63.4 Å². The maximum atomic E-state index is 13.3. The average Bonchev–Trinajstić information content (AvgIpc) is 3.16. The van der Waals surface area contributed by atoms with Gasteiger partial charge in [0.05, 0.1) is 0 Å². The molecule has 3 rings (SSSR count). The smallest absolute Gasteiger partial charge is 0.408 e. The van der Waals surface area contributed by atoms with Crippen molar-refractivity contribution < 1.29 is 14.3 Å². The maximum Gasteiger partial charge on any atom is 0.408 e. The number of hydrogen-bond donors (Lipinski definition) is 3. The number of H-pyrrole nitrogens is 1. The van der Waals surface area contributed by atoms with Crippen molar-refractivity contribution in [2.24, 2.45) is 0 Å². The van der Waals surface area contributed by atoms with E-state index in [0.29, 0.717) is 25.8 Å². The first-order chi connectivity index (χ1) is 15.2. The van der Waals surface area contributed by atoms with Crippen molar-refractivity contribution in [1.82, 2.24) is 20.6 Å². The first kappa shape index (κ1) is 23.3. The zero-order valence-electron chi connectivity index (χ0n) is 19.2. The number of pyridine rings is 1. The number of fused-ring (bicyclic) bond motifs is 1. The lowest BCUT2D eigenvalue weighted by molar-refractivity contribution is -0.127. The number of amides is 2. The summed E-state index contributed by atoms with van der Waals surface area (Å²) in [5.41, 5.74) is 1.20. The standard InChI is InChI=1S/C25H32N4O3/c1-5-24(2,3)32-23(31)29-25(4,16-19-17-28-21-9-7-6-8-20(19)21)22(30)27-15-12-18-10-13-26-14-11-18/h6-11,13-14,17,28H,5,12,15-16H2,1-4H3,(H,27,30)(H,29,31). The van der Waals surface area contributed by atoms with Crippen molar-refractivity contribution in [3.05, 3.63) is 66.1 Å². The monoisotopic (exact) mass is 436 g/mol. The van der Waals surface area contributed by atoms with Gasteiger partial charge in [-0.25, -0.2) is 4.79 Å². The Labute approximate surface area is 189 Å². The van der Waals surface area contributed by atoms with Gasteiger partial charge >= 0.3 is 6.09 Å². The predicted octanol–water partition coefficient (Wildman–Crippen LogP) is 4.14. The number of aromatic amines is 1. The largest absolute Gasteiger partial charge is 0.444 e. The van der Waals surface area contributed by atoms with Crippen LogP contribution in [0.3, 0.4) is 0 Å². The molecule has 2 heterocycles. The number of rotatable bonds is 9. The molecule has 0 aliphatic rings. The zero-order chi connectivity index (χ0) is 23.2. The number of alkyl carbamates (subject to hydrolysis) is 1. The lowest BCUT2D eigenvalue weighted by Gasteiger charge is -2.32. The third kappa shape index (κ3) is 5.87. The summed E-state index contributed by atoms with van der Waals surface area (Å²) < 4.78 is 5.57. The Balaban J connectivity index is 1.77. The molecule has 0 spiro atoms. The van der Waals surface area contributed by atoms with Gasteiger partial charge in [-0.05, 0) is 62.9 Å². The van der Waals surface area contributed by atoms with Gasteiger partial charge < -0.3 is 20.4 Å². The third-order valence-electron chi connectivity index (χ3n) is 5.77. The van der Waals surface area contributed by atoms with Crippen LogP contribution in [0.1, 0.15) is 45.2 Å². The van der Waals surface area contributed by atoms with Crippen molar-refractivity contribution in [3.8, 4) is 0 Å². The molecule has 0 radical (unpaired) electrons. The van der Waals surface area contributed by atoms with Crippen molar-refractivity contribution in [2.45, 2.75) is 58.1 Å². The van der Waals surface area contributed by atoms with Crippen LogP contribution in [0, 0.1) is 0 Å². The predicted molar refractivity (Wildman–Crippen MR) is 125 cm³/mol. The second-order valence-corrected chi connectivity index (χ2v) is 8.86. The number of carbonyl (C=O) groups is 2. The molecule has 7 nitrogen and oxygen atoms in total. The van der Waals surface area contributed by atoms with Crippen molar-refractivity contribution in [1.29, 1.82) is 0 Å². The lowest BCUT2D eigenvalue weighted by atomic mass is 9.91. The van der Waals surface area contributed by atoms with E-state index in [2.05, 4.69) is 20.6 Å². The second kappa shape index (κ2) is 9.85. The molecule has 0 bridgehead atoms. The van der Waals surface area contributed by atoms with Crippen LogP contribution in [-0.4, -0.2) is 39.7 Å². The Hall–Kier alpha value is -3.35. The molecule has 1 aromatic carbocycles. The second-order valence-electron chi connectivity index (χ2n) is 8.86. The Kier molecular flexibility index (Phi) is 7.18. The number of benzene rings is 1. The third-order valence-corrected chi connectivity index (χ3v) is 5.77. The highest BCUT2D eigenvalue weighted by molar-refractivity contribution is 5.91.